The summed E-state index contributed by atoms with van der Waals surface area (Å²) in [6.07, 6.45) is 3.33. The van der Waals surface area contributed by atoms with Crippen molar-refractivity contribution in [2.75, 3.05) is 0 Å². The van der Waals surface area contributed by atoms with Crippen molar-refractivity contribution in [1.29, 1.82) is 0 Å². The molecule has 0 amide bonds. The predicted molar refractivity (Wildman–Crippen MR) is 75.4 cm³/mol. The lowest BCUT2D eigenvalue weighted by Gasteiger charge is -2.05. The van der Waals surface area contributed by atoms with Gasteiger partial charge in [0, 0.05) is 21.8 Å². The number of fused-ring (bicyclic) bond motifs is 1. The number of thioether (sulfide) groups is 1. The number of rotatable bonds is 3. The van der Waals surface area contributed by atoms with Crippen molar-refractivity contribution < 1.29 is 0 Å². The van der Waals surface area contributed by atoms with Crippen LogP contribution in [0.3, 0.4) is 0 Å². The molecule has 0 saturated heterocycles. The Bertz CT molecular complexity index is 669. The van der Waals surface area contributed by atoms with Crippen LogP contribution in [-0.4, -0.2) is 20.2 Å². The van der Waals surface area contributed by atoms with Crippen LogP contribution in [0.1, 0.15) is 5.56 Å². The highest BCUT2D eigenvalue weighted by Gasteiger charge is 2.06. The Morgan fingerprint density at radius 2 is 2.22 bits per heavy atom. The van der Waals surface area contributed by atoms with Gasteiger partial charge in [-0.2, -0.15) is 5.10 Å². The molecule has 6 heteroatoms. The van der Waals surface area contributed by atoms with Crippen molar-refractivity contribution in [3.8, 4) is 0 Å². The number of halogens is 1. The van der Waals surface area contributed by atoms with Gasteiger partial charge in [0.1, 0.15) is 6.33 Å². The topological polar surface area (TPSA) is 54.5 Å². The fourth-order valence-electron chi connectivity index (χ4n) is 1.75. The smallest absolute Gasteiger partial charge is 0.183 e. The molecule has 0 fully saturated rings. The van der Waals surface area contributed by atoms with Crippen LogP contribution >= 0.6 is 27.7 Å². The third-order valence-corrected chi connectivity index (χ3v) is 3.89. The molecule has 0 spiro atoms. The van der Waals surface area contributed by atoms with Crippen LogP contribution in [0.4, 0.5) is 0 Å². The maximum absolute atomic E-state index is 4.44. The van der Waals surface area contributed by atoms with E-state index in [2.05, 4.69) is 54.3 Å². The molecule has 0 unspecified atom stereocenters. The van der Waals surface area contributed by atoms with E-state index < -0.39 is 0 Å². The van der Waals surface area contributed by atoms with Gasteiger partial charge in [-0.1, -0.05) is 33.8 Å². The Labute approximate surface area is 116 Å². The number of hydrogen-bond donors (Lipinski definition) is 1. The molecular formula is C12H9BrN4S. The van der Waals surface area contributed by atoms with E-state index in [0.29, 0.717) is 0 Å². The summed E-state index contributed by atoms with van der Waals surface area (Å²) in [7, 11) is 0. The van der Waals surface area contributed by atoms with Crippen LogP contribution in [0, 0.1) is 0 Å². The molecule has 0 aliphatic rings. The molecule has 0 aliphatic carbocycles. The van der Waals surface area contributed by atoms with Gasteiger partial charge in [0.25, 0.3) is 0 Å². The van der Waals surface area contributed by atoms with Crippen LogP contribution in [0.15, 0.2) is 46.4 Å². The minimum absolute atomic E-state index is 0.808. The van der Waals surface area contributed by atoms with Gasteiger partial charge in [-0.15, -0.1) is 0 Å². The van der Waals surface area contributed by atoms with E-state index in [1.54, 1.807) is 11.8 Å². The summed E-state index contributed by atoms with van der Waals surface area (Å²) in [5.41, 5.74) is 2.22. The number of hydrogen-bond acceptors (Lipinski definition) is 4. The molecule has 0 saturated carbocycles. The molecule has 0 aliphatic heterocycles. The first kappa shape index (κ1) is 11.7. The van der Waals surface area contributed by atoms with Gasteiger partial charge < -0.3 is 0 Å². The number of aromatic amines is 1. The summed E-state index contributed by atoms with van der Waals surface area (Å²) in [4.78, 5) is 8.54. The summed E-state index contributed by atoms with van der Waals surface area (Å²) in [6.45, 7) is 0. The molecule has 0 bridgehead atoms. The summed E-state index contributed by atoms with van der Waals surface area (Å²) in [5.74, 6) is 0.808. The average Bonchev–Trinajstić information content (AvgIpc) is 2.89. The Kier molecular flexibility index (Phi) is 3.29. The minimum Gasteiger partial charge on any atom is -0.256 e. The molecule has 3 aromatic rings. The Morgan fingerprint density at radius 3 is 3.06 bits per heavy atom. The zero-order chi connectivity index (χ0) is 12.4. The quantitative estimate of drug-likeness (QED) is 0.751. The van der Waals surface area contributed by atoms with Crippen molar-refractivity contribution in [3.63, 3.8) is 0 Å². The summed E-state index contributed by atoms with van der Waals surface area (Å²) in [6, 6.07) is 8.18. The zero-order valence-corrected chi connectivity index (χ0v) is 11.7. The maximum atomic E-state index is 4.44. The maximum Gasteiger partial charge on any atom is 0.183 e. The van der Waals surface area contributed by atoms with E-state index in [0.717, 1.165) is 26.3 Å². The van der Waals surface area contributed by atoms with Crippen LogP contribution in [0.25, 0.3) is 10.9 Å². The molecule has 3 rings (SSSR count). The van der Waals surface area contributed by atoms with Gasteiger partial charge in [0.15, 0.2) is 5.16 Å². The Morgan fingerprint density at radius 1 is 1.28 bits per heavy atom. The number of nitrogens with zero attached hydrogens (tertiary/aromatic N) is 3. The van der Waals surface area contributed by atoms with E-state index in [9.17, 15) is 0 Å². The van der Waals surface area contributed by atoms with Crippen LogP contribution in [0.2, 0.25) is 0 Å². The zero-order valence-electron chi connectivity index (χ0n) is 9.30. The lowest BCUT2D eigenvalue weighted by atomic mass is 10.1. The van der Waals surface area contributed by atoms with Crippen molar-refractivity contribution >= 4 is 38.6 Å². The van der Waals surface area contributed by atoms with Gasteiger partial charge in [-0.3, -0.25) is 10.1 Å². The summed E-state index contributed by atoms with van der Waals surface area (Å²) in [5, 5.41) is 8.63. The predicted octanol–water partition coefficient (Wildman–Crippen LogP) is 3.41. The van der Waals surface area contributed by atoms with Crippen molar-refractivity contribution in [2.24, 2.45) is 0 Å². The minimum atomic E-state index is 0.808. The standard InChI is InChI=1S/C12H9BrN4S/c13-10-4-8-2-1-3-14-11(8)9(5-10)6-18-12-15-7-16-17-12/h1-5,7H,6H2,(H,15,16,17). The van der Waals surface area contributed by atoms with E-state index in [1.807, 2.05) is 12.3 Å². The summed E-state index contributed by atoms with van der Waals surface area (Å²) >= 11 is 5.14. The third kappa shape index (κ3) is 2.39. The monoisotopic (exact) mass is 320 g/mol. The van der Waals surface area contributed by atoms with Crippen molar-refractivity contribution in [2.45, 2.75) is 10.9 Å². The van der Waals surface area contributed by atoms with Crippen molar-refractivity contribution in [1.82, 2.24) is 20.2 Å². The van der Waals surface area contributed by atoms with Gasteiger partial charge in [0.2, 0.25) is 0 Å². The number of nitrogens with one attached hydrogen (secondary N) is 1. The first-order valence-corrected chi connectivity index (χ1v) is 7.12. The van der Waals surface area contributed by atoms with E-state index in [1.165, 1.54) is 11.9 Å². The molecule has 2 aromatic heterocycles. The van der Waals surface area contributed by atoms with E-state index in [-0.39, 0.29) is 0 Å². The Hall–Kier alpha value is -1.40. The Balaban J connectivity index is 1.95. The lowest BCUT2D eigenvalue weighted by Crippen LogP contribution is -1.88. The van der Waals surface area contributed by atoms with Crippen LogP contribution < -0.4 is 0 Å². The average molecular weight is 321 g/mol. The highest BCUT2D eigenvalue weighted by Crippen LogP contribution is 2.27. The van der Waals surface area contributed by atoms with E-state index in [4.69, 9.17) is 0 Å². The molecule has 0 atom stereocenters. The second-order valence-corrected chi connectivity index (χ2v) is 5.60. The molecule has 0 radical (unpaired) electrons. The first-order chi connectivity index (χ1) is 8.83. The number of pyridine rings is 1. The highest BCUT2D eigenvalue weighted by atomic mass is 79.9. The van der Waals surface area contributed by atoms with Crippen LogP contribution in [-0.2, 0) is 5.75 Å². The second-order valence-electron chi connectivity index (χ2n) is 3.72. The molecule has 90 valence electrons. The number of H-pyrrole nitrogens is 1. The highest BCUT2D eigenvalue weighted by molar-refractivity contribution is 9.10. The van der Waals surface area contributed by atoms with Gasteiger partial charge in [-0.05, 0) is 23.8 Å². The summed E-state index contributed by atoms with van der Waals surface area (Å²) < 4.78 is 1.07. The van der Waals surface area contributed by atoms with Crippen LogP contribution in [0.5, 0.6) is 0 Å². The fourth-order valence-corrected chi connectivity index (χ4v) is 3.02. The third-order valence-electron chi connectivity index (χ3n) is 2.51. The van der Waals surface area contributed by atoms with Crippen molar-refractivity contribution in [3.05, 3.63) is 46.8 Å². The van der Waals surface area contributed by atoms with Gasteiger partial charge in [-0.25, -0.2) is 4.98 Å². The normalized spacial score (nSPS) is 10.9. The molecule has 1 aromatic carbocycles. The SMILES string of the molecule is Brc1cc(CSc2ncn[nH]2)c2ncccc2c1. The number of benzene rings is 1. The fraction of sp³-hybridized carbons (Fsp3) is 0.0833. The van der Waals surface area contributed by atoms with Gasteiger partial charge >= 0.3 is 0 Å². The first-order valence-electron chi connectivity index (χ1n) is 5.34. The number of aromatic nitrogens is 4. The van der Waals surface area contributed by atoms with E-state index >= 15 is 0 Å². The molecule has 2 heterocycles. The molecule has 4 nitrogen and oxygen atoms in total. The van der Waals surface area contributed by atoms with Gasteiger partial charge in [0.05, 0.1) is 5.52 Å². The molecule has 1 N–H and O–H groups in total. The molecular weight excluding hydrogens is 312 g/mol. The second kappa shape index (κ2) is 5.07. The lowest BCUT2D eigenvalue weighted by molar-refractivity contribution is 0.973. The largest absolute Gasteiger partial charge is 0.256 e. The molecule has 18 heavy (non-hydrogen) atoms.